The molecule has 1 saturated carbocycles. The second-order valence-electron chi connectivity index (χ2n) is 26.6. The zero-order chi connectivity index (χ0) is 68.4. The molecule has 7 amide bonds. The maximum Gasteiger partial charge on any atom is 0.343 e. The number of fused-ring (bicyclic) bond motifs is 10. The number of anilines is 1. The Labute approximate surface area is 558 Å². The lowest BCUT2D eigenvalue weighted by atomic mass is 9.57. The summed E-state index contributed by atoms with van der Waals surface area (Å²) in [4.78, 5) is 130. The number of rotatable bonds is 26. The van der Waals surface area contributed by atoms with Crippen molar-refractivity contribution in [1.82, 2.24) is 56.4 Å². The van der Waals surface area contributed by atoms with Crippen molar-refractivity contribution in [2.75, 3.05) is 64.1 Å². The van der Waals surface area contributed by atoms with Gasteiger partial charge in [-0.3, -0.25) is 38.4 Å². The van der Waals surface area contributed by atoms with Gasteiger partial charge < -0.3 is 66.0 Å². The van der Waals surface area contributed by atoms with Crippen molar-refractivity contribution >= 4 is 63.9 Å². The number of cyclic esters (lactones) is 1. The van der Waals surface area contributed by atoms with Crippen molar-refractivity contribution in [2.45, 2.75) is 142 Å². The van der Waals surface area contributed by atoms with Gasteiger partial charge in [-0.1, -0.05) is 63.2 Å². The average Bonchev–Trinajstić information content (AvgIpc) is 1.66. The number of nitrogens with one attached hydrogen (secondary N) is 6. The summed E-state index contributed by atoms with van der Waals surface area (Å²) in [6, 6.07) is 15.5. The highest BCUT2D eigenvalue weighted by atomic mass is 19.1. The fraction of sp³-hybridized carbons (Fsp3) is 0.486. The second-order valence-corrected chi connectivity index (χ2v) is 26.6. The van der Waals surface area contributed by atoms with Crippen LogP contribution in [0.4, 0.5) is 10.1 Å². The number of nitrogens with zero attached hydrogens (tertiary/aromatic N) is 6. The first-order chi connectivity index (χ1) is 46.7. The summed E-state index contributed by atoms with van der Waals surface area (Å²) in [5.41, 5.74) is 11.5. The number of hydrogen-bond donors (Lipinski definition) is 8. The fourth-order valence-corrected chi connectivity index (χ4v) is 14.7. The second kappa shape index (κ2) is 28.4. The summed E-state index contributed by atoms with van der Waals surface area (Å²) in [6.07, 6.45) is 3.42. The number of carbonyl (C=O) groups excluding carboxylic acids is 8. The number of hydrogen-bond acceptors (Lipinski definition) is 17. The number of amides is 7. The molecule has 97 heavy (non-hydrogen) atoms. The summed E-state index contributed by atoms with van der Waals surface area (Å²) in [5, 5.41) is 38.0. The SMILES string of the molecule is CCC1(O)C(=O)OCc2c1cc1n(c2=O)Cc2c-1nc1cc(F)c(C)c3c1c2C(NC(=O)CNC(=O)C(CCCCN)NC(=O)C(NC(=O)CCOCCOCCC(=O)N1CC2(CC(C(=O)NCCC(=O)N4Cc5ccccc5-c5n[nH]nc5-c5ccccc54)C2)C1)C(C)C)CC3. The van der Waals surface area contributed by atoms with Crippen molar-refractivity contribution in [3.63, 3.8) is 0 Å². The summed E-state index contributed by atoms with van der Waals surface area (Å²) >= 11 is 0. The van der Waals surface area contributed by atoms with E-state index in [1.165, 1.54) is 10.6 Å². The zero-order valence-corrected chi connectivity index (χ0v) is 54.9. The average molecular weight is 1330 g/mol. The van der Waals surface area contributed by atoms with Crippen LogP contribution in [-0.4, -0.2) is 154 Å². The largest absolute Gasteiger partial charge is 0.458 e. The molecule has 26 nitrogen and oxygen atoms in total. The van der Waals surface area contributed by atoms with Crippen LogP contribution in [0.5, 0.6) is 0 Å². The minimum absolute atomic E-state index is 0.0214. The smallest absolute Gasteiger partial charge is 0.343 e. The Hall–Kier alpha value is -9.31. The number of halogens is 1. The third kappa shape index (κ3) is 13.5. The number of carbonyl (C=O) groups is 8. The Morgan fingerprint density at radius 1 is 0.825 bits per heavy atom. The molecule has 512 valence electrons. The lowest BCUT2D eigenvalue weighted by Crippen LogP contribution is -2.65. The lowest BCUT2D eigenvalue weighted by molar-refractivity contribution is -0.172. The minimum atomic E-state index is -2.06. The van der Waals surface area contributed by atoms with E-state index in [9.17, 15) is 48.3 Å². The van der Waals surface area contributed by atoms with Crippen LogP contribution < -0.4 is 42.8 Å². The molecular weight excluding hydrogens is 1250 g/mol. The van der Waals surface area contributed by atoms with Crippen LogP contribution in [0.25, 0.3) is 44.8 Å². The predicted molar refractivity (Wildman–Crippen MR) is 352 cm³/mol. The number of nitrogens with two attached hydrogens (primary N) is 1. The van der Waals surface area contributed by atoms with E-state index in [2.05, 4.69) is 42.0 Å². The van der Waals surface area contributed by atoms with E-state index in [4.69, 9.17) is 24.9 Å². The third-order valence-electron chi connectivity index (χ3n) is 20.0. The van der Waals surface area contributed by atoms with Crippen molar-refractivity contribution in [1.29, 1.82) is 0 Å². The Morgan fingerprint density at radius 3 is 2.29 bits per heavy atom. The molecule has 0 bridgehead atoms. The number of aliphatic hydroxyl groups is 1. The van der Waals surface area contributed by atoms with Gasteiger partial charge in [0.2, 0.25) is 41.4 Å². The standard InChI is InChI=1S/C70H82FN13O13/c1-5-70(94)47-28-53-61-45(34-84(53)67(92)46(47)35-97-68(70)93)59-49(18-17-42-39(4)48(71)29-51(76-61)58(42)59)75-55(86)32-74-65(90)50(15-10-11-22-72)77-66(91)60(38(2)3)78-54(85)20-24-95-26-27-96-25-21-56(87)82-36-69(37-82)30-41(31-69)64(89)73-23-19-57(88)83-33-40-12-6-7-13-43(40)62-63(80-81-79-62)44-14-8-9-16-52(44)83/h6-9,12-14,16,28-29,38,41,49-50,60,94H,5,10-11,15,17-27,30-37,72H2,1-4H3,(H,73,89)(H,74,90)(H,75,86)(H,77,91)(H,78,85)(H,79,80,81). The molecule has 7 heterocycles. The number of likely N-dealkylation sites (tertiary alicyclic amines) is 1. The first-order valence-electron chi connectivity index (χ1n) is 33.5. The van der Waals surface area contributed by atoms with E-state index in [1.807, 2.05) is 48.5 Å². The van der Waals surface area contributed by atoms with Gasteiger partial charge in [-0.15, -0.1) is 0 Å². The first-order valence-corrected chi connectivity index (χ1v) is 33.5. The van der Waals surface area contributed by atoms with Gasteiger partial charge in [0.05, 0.1) is 86.7 Å². The zero-order valence-electron chi connectivity index (χ0n) is 54.9. The van der Waals surface area contributed by atoms with Gasteiger partial charge in [-0.05, 0) is 105 Å². The summed E-state index contributed by atoms with van der Waals surface area (Å²) < 4.78 is 33.6. The number of H-pyrrole nitrogens is 1. The molecule has 1 spiro atoms. The highest BCUT2D eigenvalue weighted by Crippen LogP contribution is 2.52. The third-order valence-corrected chi connectivity index (χ3v) is 20.0. The topological polar surface area (TPSA) is 354 Å². The molecule has 4 atom stereocenters. The Kier molecular flexibility index (Phi) is 19.8. The van der Waals surface area contributed by atoms with Crippen LogP contribution >= 0.6 is 0 Å². The number of aryl methyl sites for hydroxylation is 1. The molecule has 2 fully saturated rings. The maximum absolute atomic E-state index is 15.5. The number of esters is 1. The number of aromatic amines is 1. The van der Waals surface area contributed by atoms with E-state index < -0.39 is 77.2 Å². The van der Waals surface area contributed by atoms with Gasteiger partial charge in [0, 0.05) is 77.5 Å². The fourth-order valence-electron chi connectivity index (χ4n) is 14.7. The van der Waals surface area contributed by atoms with Crippen molar-refractivity contribution in [3.05, 3.63) is 116 Å². The summed E-state index contributed by atoms with van der Waals surface area (Å²) in [6.45, 7) is 8.56. The Bertz CT molecular complexity index is 4180. The number of ether oxygens (including phenoxy) is 3. The van der Waals surface area contributed by atoms with E-state index in [0.717, 1.165) is 33.6 Å². The van der Waals surface area contributed by atoms with Crippen LogP contribution in [0.1, 0.15) is 130 Å². The summed E-state index contributed by atoms with van der Waals surface area (Å²) in [7, 11) is 0. The molecule has 4 unspecified atom stereocenters. The van der Waals surface area contributed by atoms with Crippen LogP contribution in [0.2, 0.25) is 0 Å². The molecule has 12 rings (SSSR count). The highest BCUT2D eigenvalue weighted by molar-refractivity contribution is 6.01. The molecule has 1 saturated heterocycles. The monoisotopic (exact) mass is 1330 g/mol. The molecule has 3 aromatic carbocycles. The lowest BCUT2D eigenvalue weighted by Gasteiger charge is -2.58. The van der Waals surface area contributed by atoms with E-state index in [1.54, 1.807) is 43.6 Å². The van der Waals surface area contributed by atoms with E-state index >= 15 is 4.39 Å². The number of unbranched alkanes of at least 4 members (excludes halogenated alkanes) is 1. The first kappa shape index (κ1) is 67.7. The van der Waals surface area contributed by atoms with Crippen molar-refractivity contribution in [3.8, 4) is 33.9 Å². The van der Waals surface area contributed by atoms with Gasteiger partial charge >= 0.3 is 5.97 Å². The van der Waals surface area contributed by atoms with Crippen LogP contribution in [0.3, 0.4) is 0 Å². The maximum atomic E-state index is 15.5. The predicted octanol–water partition coefficient (Wildman–Crippen LogP) is 4.06. The van der Waals surface area contributed by atoms with Crippen molar-refractivity contribution < 1.29 is 62.1 Å². The number of para-hydroxylation sites is 1. The molecule has 3 aromatic heterocycles. The molecule has 6 aromatic rings. The number of aromatic nitrogens is 5. The van der Waals surface area contributed by atoms with Crippen molar-refractivity contribution in [2.24, 2.45) is 23.0 Å². The van der Waals surface area contributed by atoms with E-state index in [0.29, 0.717) is 109 Å². The normalized spacial score (nSPS) is 18.3. The van der Waals surface area contributed by atoms with Gasteiger partial charge in [0.15, 0.2) is 5.60 Å². The molecule has 2 aliphatic carbocycles. The molecule has 6 aliphatic rings. The molecule has 9 N–H and O–H groups in total. The van der Waals surface area contributed by atoms with Gasteiger partial charge in [-0.25, -0.2) is 14.2 Å². The van der Waals surface area contributed by atoms with Crippen LogP contribution in [0, 0.1) is 30.0 Å². The minimum Gasteiger partial charge on any atom is -0.458 e. The van der Waals surface area contributed by atoms with Gasteiger partial charge in [0.25, 0.3) is 5.56 Å². The quantitative estimate of drug-likeness (QED) is 0.0280. The Balaban J connectivity index is 0.552. The number of benzene rings is 3. The van der Waals surface area contributed by atoms with Crippen LogP contribution in [0.15, 0.2) is 65.5 Å². The van der Waals surface area contributed by atoms with E-state index in [-0.39, 0.29) is 118 Å². The van der Waals surface area contributed by atoms with Gasteiger partial charge in [-0.2, -0.15) is 15.4 Å². The molecule has 27 heteroatoms. The Morgan fingerprint density at radius 2 is 1.55 bits per heavy atom. The molecule has 0 radical (unpaired) electrons. The molecular formula is C70H82FN13O13. The van der Waals surface area contributed by atoms with Crippen LogP contribution in [-0.2, 0) is 84.3 Å². The molecule has 4 aliphatic heterocycles. The van der Waals surface area contributed by atoms with Gasteiger partial charge in [0.1, 0.15) is 35.9 Å². The summed E-state index contributed by atoms with van der Waals surface area (Å²) in [5.74, 6) is -4.45. The number of pyridine rings is 2. The highest BCUT2D eigenvalue weighted by Gasteiger charge is 2.55.